The minimum Gasteiger partial charge on any atom is -0.462 e. The van der Waals surface area contributed by atoms with Gasteiger partial charge < -0.3 is 14.3 Å². The standard InChI is InChI=1S/C15H26O5/c1-6-7-12(8-9-16)13(14(17)19-10(2)3)15(18)20-11(4)5/h9-13H,6-8H2,1-5H3. The smallest absolute Gasteiger partial charge is 0.320 e. The zero-order valence-electron chi connectivity index (χ0n) is 13.0. The molecule has 0 radical (unpaired) electrons. The van der Waals surface area contributed by atoms with Crippen LogP contribution >= 0.6 is 0 Å². The maximum atomic E-state index is 12.1. The van der Waals surface area contributed by atoms with E-state index in [1.54, 1.807) is 27.7 Å². The number of hydrogen-bond donors (Lipinski definition) is 0. The molecule has 0 heterocycles. The Labute approximate surface area is 121 Å². The quantitative estimate of drug-likeness (QED) is 0.370. The van der Waals surface area contributed by atoms with Gasteiger partial charge in [0.15, 0.2) is 5.92 Å². The highest BCUT2D eigenvalue weighted by Gasteiger charge is 2.37. The van der Waals surface area contributed by atoms with Gasteiger partial charge in [0.2, 0.25) is 0 Å². The fourth-order valence-corrected chi connectivity index (χ4v) is 2.01. The van der Waals surface area contributed by atoms with Crippen molar-refractivity contribution in [3.8, 4) is 0 Å². The molecule has 0 amide bonds. The van der Waals surface area contributed by atoms with Gasteiger partial charge in [0.25, 0.3) is 0 Å². The first-order chi connectivity index (χ1) is 9.33. The van der Waals surface area contributed by atoms with Crippen LogP contribution in [0.1, 0.15) is 53.9 Å². The SMILES string of the molecule is CCCC(CC=O)C(C(=O)OC(C)C)C(=O)OC(C)C. The van der Waals surface area contributed by atoms with Crippen LogP contribution in [-0.2, 0) is 23.9 Å². The largest absolute Gasteiger partial charge is 0.462 e. The van der Waals surface area contributed by atoms with Gasteiger partial charge in [-0.25, -0.2) is 0 Å². The van der Waals surface area contributed by atoms with Crippen molar-refractivity contribution in [3.05, 3.63) is 0 Å². The molecule has 1 unspecified atom stereocenters. The maximum absolute atomic E-state index is 12.1. The zero-order chi connectivity index (χ0) is 15.7. The van der Waals surface area contributed by atoms with E-state index in [1.165, 1.54) is 0 Å². The summed E-state index contributed by atoms with van der Waals surface area (Å²) in [5.74, 6) is -2.60. The van der Waals surface area contributed by atoms with Gasteiger partial charge in [-0.15, -0.1) is 0 Å². The number of carbonyl (C=O) groups is 3. The van der Waals surface area contributed by atoms with Crippen molar-refractivity contribution in [1.82, 2.24) is 0 Å². The maximum Gasteiger partial charge on any atom is 0.320 e. The molecule has 0 aromatic heterocycles. The second-order valence-corrected chi connectivity index (χ2v) is 5.40. The topological polar surface area (TPSA) is 69.7 Å². The van der Waals surface area contributed by atoms with Crippen LogP contribution in [0.5, 0.6) is 0 Å². The van der Waals surface area contributed by atoms with Gasteiger partial charge in [0.05, 0.1) is 12.2 Å². The molecule has 0 saturated carbocycles. The van der Waals surface area contributed by atoms with Gasteiger partial charge in [-0.2, -0.15) is 0 Å². The van der Waals surface area contributed by atoms with Crippen LogP contribution in [0.15, 0.2) is 0 Å². The minimum atomic E-state index is -1.02. The van der Waals surface area contributed by atoms with E-state index in [-0.39, 0.29) is 24.5 Å². The van der Waals surface area contributed by atoms with Crippen LogP contribution in [0.3, 0.4) is 0 Å². The first-order valence-electron chi connectivity index (χ1n) is 7.18. The number of carbonyl (C=O) groups excluding carboxylic acids is 3. The lowest BCUT2D eigenvalue weighted by molar-refractivity contribution is -0.169. The van der Waals surface area contributed by atoms with Crippen LogP contribution in [0.2, 0.25) is 0 Å². The predicted octanol–water partition coefficient (Wildman–Crippen LogP) is 2.51. The molecule has 0 fully saturated rings. The van der Waals surface area contributed by atoms with Crippen molar-refractivity contribution in [1.29, 1.82) is 0 Å². The molecule has 5 nitrogen and oxygen atoms in total. The fraction of sp³-hybridized carbons (Fsp3) is 0.800. The van der Waals surface area contributed by atoms with Crippen molar-refractivity contribution in [2.24, 2.45) is 11.8 Å². The predicted molar refractivity (Wildman–Crippen MR) is 75.0 cm³/mol. The second-order valence-electron chi connectivity index (χ2n) is 5.40. The number of esters is 2. The minimum absolute atomic E-state index is 0.152. The molecule has 0 spiro atoms. The van der Waals surface area contributed by atoms with E-state index >= 15 is 0 Å². The van der Waals surface area contributed by atoms with E-state index in [2.05, 4.69) is 0 Å². The summed E-state index contributed by atoms with van der Waals surface area (Å²) in [5.41, 5.74) is 0. The van der Waals surface area contributed by atoms with Crippen LogP contribution in [0, 0.1) is 11.8 Å². The second kappa shape index (κ2) is 9.50. The molecule has 20 heavy (non-hydrogen) atoms. The van der Waals surface area contributed by atoms with Crippen LogP contribution < -0.4 is 0 Å². The molecule has 0 aliphatic rings. The van der Waals surface area contributed by atoms with Crippen LogP contribution in [-0.4, -0.2) is 30.4 Å². The monoisotopic (exact) mass is 286 g/mol. The summed E-state index contributed by atoms with van der Waals surface area (Å²) in [7, 11) is 0. The Balaban J connectivity index is 5.13. The highest BCUT2D eigenvalue weighted by atomic mass is 16.6. The average Bonchev–Trinajstić information content (AvgIpc) is 2.27. The molecule has 0 aromatic carbocycles. The Morgan fingerprint density at radius 3 is 1.75 bits per heavy atom. The highest BCUT2D eigenvalue weighted by Crippen LogP contribution is 2.24. The van der Waals surface area contributed by atoms with Gasteiger partial charge in [-0.1, -0.05) is 13.3 Å². The lowest BCUT2D eigenvalue weighted by Crippen LogP contribution is -2.36. The number of ether oxygens (including phenoxy) is 2. The molecule has 0 aliphatic heterocycles. The molecular formula is C15H26O5. The van der Waals surface area contributed by atoms with E-state index in [0.717, 1.165) is 12.7 Å². The van der Waals surface area contributed by atoms with E-state index in [4.69, 9.17) is 9.47 Å². The van der Waals surface area contributed by atoms with Crippen molar-refractivity contribution < 1.29 is 23.9 Å². The molecule has 0 saturated heterocycles. The molecule has 5 heteroatoms. The van der Waals surface area contributed by atoms with Gasteiger partial charge in [0, 0.05) is 6.42 Å². The van der Waals surface area contributed by atoms with Crippen molar-refractivity contribution in [2.45, 2.75) is 66.1 Å². The Bertz CT molecular complexity index is 300. The highest BCUT2D eigenvalue weighted by molar-refractivity contribution is 5.95. The van der Waals surface area contributed by atoms with E-state index < -0.39 is 17.9 Å². The molecule has 0 bridgehead atoms. The van der Waals surface area contributed by atoms with Crippen molar-refractivity contribution in [2.75, 3.05) is 0 Å². The third kappa shape index (κ3) is 6.68. The first kappa shape index (κ1) is 18.6. The third-order valence-electron chi connectivity index (χ3n) is 2.74. The molecular weight excluding hydrogens is 260 g/mol. The summed E-state index contributed by atoms with van der Waals surface area (Å²) in [4.78, 5) is 35.0. The van der Waals surface area contributed by atoms with Gasteiger partial charge >= 0.3 is 11.9 Å². The molecule has 0 N–H and O–H groups in total. The number of hydrogen-bond acceptors (Lipinski definition) is 5. The molecule has 116 valence electrons. The summed E-state index contributed by atoms with van der Waals surface area (Å²) >= 11 is 0. The summed E-state index contributed by atoms with van der Waals surface area (Å²) < 4.78 is 10.3. The summed E-state index contributed by atoms with van der Waals surface area (Å²) in [6.45, 7) is 8.82. The summed E-state index contributed by atoms with van der Waals surface area (Å²) in [6, 6.07) is 0. The summed E-state index contributed by atoms with van der Waals surface area (Å²) in [6.07, 6.45) is 1.64. The van der Waals surface area contributed by atoms with Gasteiger partial charge in [-0.3, -0.25) is 9.59 Å². The van der Waals surface area contributed by atoms with Crippen LogP contribution in [0.4, 0.5) is 0 Å². The van der Waals surface area contributed by atoms with Crippen molar-refractivity contribution in [3.63, 3.8) is 0 Å². The molecule has 0 aliphatic carbocycles. The number of aldehydes is 1. The van der Waals surface area contributed by atoms with Crippen molar-refractivity contribution >= 4 is 18.2 Å². The van der Waals surface area contributed by atoms with E-state index in [0.29, 0.717) is 6.42 Å². The van der Waals surface area contributed by atoms with Crippen LogP contribution in [0.25, 0.3) is 0 Å². The molecule has 0 aromatic rings. The normalized spacial score (nSPS) is 12.6. The number of rotatable bonds is 9. The fourth-order valence-electron chi connectivity index (χ4n) is 2.01. The van der Waals surface area contributed by atoms with E-state index in [1.807, 2.05) is 6.92 Å². The Hall–Kier alpha value is -1.39. The third-order valence-corrected chi connectivity index (χ3v) is 2.74. The lowest BCUT2D eigenvalue weighted by atomic mass is 9.86. The molecule has 1 atom stereocenters. The Morgan fingerprint density at radius 2 is 1.45 bits per heavy atom. The van der Waals surface area contributed by atoms with E-state index in [9.17, 15) is 14.4 Å². The average molecular weight is 286 g/mol. The molecule has 0 rings (SSSR count). The first-order valence-corrected chi connectivity index (χ1v) is 7.18. The van der Waals surface area contributed by atoms with Gasteiger partial charge in [-0.05, 0) is 40.0 Å². The Morgan fingerprint density at radius 1 is 1.00 bits per heavy atom. The summed E-state index contributed by atoms with van der Waals surface area (Å²) in [5, 5.41) is 0. The zero-order valence-corrected chi connectivity index (χ0v) is 13.0. The Kier molecular flexibility index (Phi) is 8.84. The lowest BCUT2D eigenvalue weighted by Gasteiger charge is -2.24. The van der Waals surface area contributed by atoms with Gasteiger partial charge in [0.1, 0.15) is 6.29 Å².